The number of hydrogen-bond acceptors (Lipinski definition) is 2. The predicted molar refractivity (Wildman–Crippen MR) is 134 cm³/mol. The first-order valence-corrected chi connectivity index (χ1v) is 12.1. The predicted octanol–water partition coefficient (Wildman–Crippen LogP) is 8.95. The lowest BCUT2D eigenvalue weighted by atomic mass is 10.0. The second-order valence-corrected chi connectivity index (χ2v) is 8.88. The molecule has 0 N–H and O–H groups in total. The largest absolute Gasteiger partial charge is 0.458 e. The summed E-state index contributed by atoms with van der Waals surface area (Å²) in [6, 6.07) is 14.0. The van der Waals surface area contributed by atoms with Gasteiger partial charge >= 0.3 is 12.3 Å². The van der Waals surface area contributed by atoms with Crippen LogP contribution < -0.4 is 4.74 Å². The Labute approximate surface area is 220 Å². The summed E-state index contributed by atoms with van der Waals surface area (Å²) in [6.45, 7) is 2.14. The topological polar surface area (TPSA) is 22.1 Å². The highest BCUT2D eigenvalue weighted by atomic mass is 19.4. The maximum absolute atomic E-state index is 14.9. The quantitative estimate of drug-likeness (QED) is 0.125. The molecular weight excluding hydrogens is 523 g/mol. The Hall–Kier alpha value is -4.06. The highest BCUT2D eigenvalue weighted by Crippen LogP contribution is 2.34. The zero-order valence-corrected chi connectivity index (χ0v) is 20.7. The number of aryl methyl sites for hydroxylation is 1. The molecule has 0 amide bonds. The van der Waals surface area contributed by atoms with Crippen molar-refractivity contribution in [2.24, 2.45) is 0 Å². The summed E-state index contributed by atoms with van der Waals surface area (Å²) in [5.41, 5.74) is 0.885. The standard InChI is InChI=1S/C30H22F7NO/c1-2-3-4-5-19-6-8-20(9-7-19)21-10-13-27(38-18-21)30(36,37)39-23-11-12-24-22(16-23)17-26(31)25(28(24)32)14-15-29(33,34)35/h6-13,16-18H,2-5H2,1H3. The molecule has 0 bridgehead atoms. The summed E-state index contributed by atoms with van der Waals surface area (Å²) in [5, 5.41) is -0.505. The third-order valence-electron chi connectivity index (χ3n) is 5.99. The molecule has 0 aliphatic heterocycles. The monoisotopic (exact) mass is 545 g/mol. The van der Waals surface area contributed by atoms with E-state index in [9.17, 15) is 30.7 Å². The third-order valence-corrected chi connectivity index (χ3v) is 5.99. The second-order valence-electron chi connectivity index (χ2n) is 8.88. The average Bonchev–Trinajstić information content (AvgIpc) is 2.88. The fourth-order valence-electron chi connectivity index (χ4n) is 4.00. The fourth-order valence-corrected chi connectivity index (χ4v) is 4.00. The van der Waals surface area contributed by atoms with Crippen molar-refractivity contribution in [3.8, 4) is 28.7 Å². The lowest BCUT2D eigenvalue weighted by Crippen LogP contribution is -2.23. The van der Waals surface area contributed by atoms with Crippen LogP contribution in [0.25, 0.3) is 21.9 Å². The van der Waals surface area contributed by atoms with E-state index in [0.29, 0.717) is 11.6 Å². The number of unbranched alkanes of at least 4 members (excludes halogenated alkanes) is 2. The highest BCUT2D eigenvalue weighted by molar-refractivity contribution is 5.86. The molecule has 0 aliphatic carbocycles. The van der Waals surface area contributed by atoms with Crippen molar-refractivity contribution in [1.29, 1.82) is 0 Å². The summed E-state index contributed by atoms with van der Waals surface area (Å²) in [7, 11) is 0. The van der Waals surface area contributed by atoms with Crippen molar-refractivity contribution < 1.29 is 35.5 Å². The van der Waals surface area contributed by atoms with Crippen LogP contribution in [0.4, 0.5) is 30.7 Å². The number of ether oxygens (including phenoxy) is 1. The number of benzene rings is 3. The van der Waals surface area contributed by atoms with Gasteiger partial charge in [0, 0.05) is 23.1 Å². The first-order chi connectivity index (χ1) is 18.5. The van der Waals surface area contributed by atoms with E-state index in [1.165, 1.54) is 23.7 Å². The first-order valence-electron chi connectivity index (χ1n) is 12.1. The van der Waals surface area contributed by atoms with Crippen LogP contribution in [-0.2, 0) is 12.5 Å². The van der Waals surface area contributed by atoms with E-state index in [1.807, 2.05) is 24.3 Å². The summed E-state index contributed by atoms with van der Waals surface area (Å²) in [5.74, 6) is -0.893. The van der Waals surface area contributed by atoms with Gasteiger partial charge in [0.15, 0.2) is 5.69 Å². The first kappa shape index (κ1) is 28.0. The molecule has 3 aromatic carbocycles. The number of pyridine rings is 1. The summed E-state index contributed by atoms with van der Waals surface area (Å²) >= 11 is 0. The van der Waals surface area contributed by atoms with E-state index >= 15 is 0 Å². The Bertz CT molecular complexity index is 1520. The van der Waals surface area contributed by atoms with E-state index in [1.54, 1.807) is 0 Å². The number of nitrogens with zero attached hydrogens (tertiary/aromatic N) is 1. The maximum Gasteiger partial charge on any atom is 0.458 e. The summed E-state index contributed by atoms with van der Waals surface area (Å²) in [4.78, 5) is 3.85. The normalized spacial score (nSPS) is 11.8. The molecule has 0 radical (unpaired) electrons. The zero-order chi connectivity index (χ0) is 28.2. The van der Waals surface area contributed by atoms with Crippen LogP contribution in [0.1, 0.15) is 43.0 Å². The van der Waals surface area contributed by atoms with Gasteiger partial charge in [0.25, 0.3) is 0 Å². The minimum atomic E-state index is -4.94. The molecule has 0 unspecified atom stereocenters. The van der Waals surface area contributed by atoms with Crippen molar-refractivity contribution in [2.45, 2.75) is 44.9 Å². The number of alkyl halides is 5. The Morgan fingerprint density at radius 1 is 0.846 bits per heavy atom. The van der Waals surface area contributed by atoms with Crippen molar-refractivity contribution >= 4 is 10.8 Å². The SMILES string of the molecule is CCCCCc1ccc(-c2ccc(C(F)(F)Oc3ccc4c(F)c(C#CC(F)(F)F)c(F)cc4c3)nc2)cc1. The van der Waals surface area contributed by atoms with E-state index in [0.717, 1.165) is 61.4 Å². The molecule has 2 nitrogen and oxygen atoms in total. The Morgan fingerprint density at radius 2 is 1.56 bits per heavy atom. The van der Waals surface area contributed by atoms with E-state index in [-0.39, 0.29) is 10.8 Å². The van der Waals surface area contributed by atoms with Crippen LogP contribution in [0.15, 0.2) is 66.9 Å². The molecule has 1 heterocycles. The lowest BCUT2D eigenvalue weighted by molar-refractivity contribution is -0.188. The van der Waals surface area contributed by atoms with E-state index in [4.69, 9.17) is 4.74 Å². The molecule has 0 spiro atoms. The van der Waals surface area contributed by atoms with Crippen molar-refractivity contribution in [3.05, 3.63) is 95.3 Å². The molecule has 0 fully saturated rings. The molecule has 0 atom stereocenters. The van der Waals surface area contributed by atoms with Crippen molar-refractivity contribution in [3.63, 3.8) is 0 Å². The zero-order valence-electron chi connectivity index (χ0n) is 20.7. The van der Waals surface area contributed by atoms with Gasteiger partial charge < -0.3 is 4.74 Å². The van der Waals surface area contributed by atoms with Gasteiger partial charge in [-0.1, -0.05) is 56.0 Å². The van der Waals surface area contributed by atoms with Crippen LogP contribution in [0.5, 0.6) is 5.75 Å². The fraction of sp³-hybridized carbons (Fsp3) is 0.233. The van der Waals surface area contributed by atoms with Gasteiger partial charge in [-0.25, -0.2) is 8.78 Å². The van der Waals surface area contributed by atoms with Crippen LogP contribution in [0.3, 0.4) is 0 Å². The molecule has 0 saturated carbocycles. The Morgan fingerprint density at radius 3 is 2.21 bits per heavy atom. The van der Waals surface area contributed by atoms with Gasteiger partial charge in [0.05, 0.1) is 5.56 Å². The van der Waals surface area contributed by atoms with E-state index < -0.39 is 40.9 Å². The second kappa shape index (κ2) is 11.4. The highest BCUT2D eigenvalue weighted by Gasteiger charge is 2.36. The third kappa shape index (κ3) is 6.88. The smallest absolute Gasteiger partial charge is 0.428 e. The molecular formula is C30H22F7NO. The van der Waals surface area contributed by atoms with Crippen LogP contribution in [-0.4, -0.2) is 11.2 Å². The lowest BCUT2D eigenvalue weighted by Gasteiger charge is -2.18. The molecule has 202 valence electrons. The maximum atomic E-state index is 14.9. The van der Waals surface area contributed by atoms with Gasteiger partial charge in [-0.3, -0.25) is 4.98 Å². The van der Waals surface area contributed by atoms with Gasteiger partial charge in [0.1, 0.15) is 17.4 Å². The molecule has 39 heavy (non-hydrogen) atoms. The number of halogens is 7. The van der Waals surface area contributed by atoms with Crippen molar-refractivity contribution in [2.75, 3.05) is 0 Å². The number of fused-ring (bicyclic) bond motifs is 1. The van der Waals surface area contributed by atoms with Gasteiger partial charge in [-0.05, 0) is 59.7 Å². The van der Waals surface area contributed by atoms with Gasteiger partial charge in [-0.15, -0.1) is 0 Å². The van der Waals surface area contributed by atoms with Gasteiger partial charge in [0.2, 0.25) is 0 Å². The molecule has 4 rings (SSSR count). The Kier molecular flexibility index (Phi) is 8.14. The molecule has 9 heteroatoms. The van der Waals surface area contributed by atoms with Crippen LogP contribution >= 0.6 is 0 Å². The molecule has 0 aliphatic rings. The average molecular weight is 545 g/mol. The number of hydrogen-bond donors (Lipinski definition) is 0. The molecule has 1 aromatic heterocycles. The molecule has 0 saturated heterocycles. The molecule has 4 aromatic rings. The van der Waals surface area contributed by atoms with E-state index in [2.05, 4.69) is 11.9 Å². The minimum absolute atomic E-state index is 0.197. The summed E-state index contributed by atoms with van der Waals surface area (Å²) < 4.78 is 100. The number of rotatable bonds is 8. The van der Waals surface area contributed by atoms with Crippen LogP contribution in [0.2, 0.25) is 0 Å². The minimum Gasteiger partial charge on any atom is -0.428 e. The number of aromatic nitrogens is 1. The van der Waals surface area contributed by atoms with Crippen LogP contribution in [0, 0.1) is 23.5 Å². The van der Waals surface area contributed by atoms with Crippen molar-refractivity contribution in [1.82, 2.24) is 4.98 Å². The van der Waals surface area contributed by atoms with Gasteiger partial charge in [-0.2, -0.15) is 22.0 Å². The Balaban J connectivity index is 1.52. The summed E-state index contributed by atoms with van der Waals surface area (Å²) in [6.07, 6.45) is -3.18.